The predicted octanol–water partition coefficient (Wildman–Crippen LogP) is 2.57. The summed E-state index contributed by atoms with van der Waals surface area (Å²) in [5.41, 5.74) is 3.30. The number of ether oxygens (including phenoxy) is 1. The van der Waals surface area contributed by atoms with Gasteiger partial charge < -0.3 is 10.5 Å². The summed E-state index contributed by atoms with van der Waals surface area (Å²) in [5.74, 6) is -0.905. The second-order valence-electron chi connectivity index (χ2n) is 3.08. The molecule has 1 rings (SSSR count). The van der Waals surface area contributed by atoms with Crippen LogP contribution in [0, 0.1) is 11.3 Å². The molecule has 2 N–H and O–H groups in total. The van der Waals surface area contributed by atoms with Crippen molar-refractivity contribution in [2.45, 2.75) is 19.2 Å². The van der Waals surface area contributed by atoms with Crippen molar-refractivity contribution in [3.63, 3.8) is 0 Å². The van der Waals surface area contributed by atoms with E-state index >= 15 is 0 Å². The number of rotatable bonds is 3. The molecule has 0 spiro atoms. The van der Waals surface area contributed by atoms with Crippen molar-refractivity contribution in [2.24, 2.45) is 0 Å². The number of hydrogen-bond donors (Lipinski definition) is 1. The van der Waals surface area contributed by atoms with Gasteiger partial charge in [-0.25, -0.2) is 8.78 Å². The lowest BCUT2D eigenvalue weighted by Crippen LogP contribution is -2.19. The second-order valence-corrected chi connectivity index (χ2v) is 3.08. The summed E-state index contributed by atoms with van der Waals surface area (Å²) in [7, 11) is 0. The Bertz CT molecular complexity index is 480. The molecule has 0 aromatic carbocycles. The van der Waals surface area contributed by atoms with Crippen molar-refractivity contribution < 1.29 is 26.7 Å². The number of hydrogen-bond acceptors (Lipinski definition) is 4. The maximum absolute atomic E-state index is 12.5. The van der Waals surface area contributed by atoms with Crippen LogP contribution < -0.4 is 10.5 Å². The first-order chi connectivity index (χ1) is 8.26. The molecule has 0 aliphatic heterocycles. The fraction of sp³-hybridized carbons (Fsp3) is 0.333. The van der Waals surface area contributed by atoms with Gasteiger partial charge in [-0.15, -0.1) is 13.2 Å². The van der Waals surface area contributed by atoms with Crippen LogP contribution in [0.25, 0.3) is 0 Å². The highest BCUT2D eigenvalue weighted by atomic mass is 19.4. The third-order valence-electron chi connectivity index (χ3n) is 1.91. The first-order valence-electron chi connectivity index (χ1n) is 4.44. The summed E-state index contributed by atoms with van der Waals surface area (Å²) in [5, 5.41) is 8.43. The lowest BCUT2D eigenvalue weighted by molar-refractivity contribution is -0.274. The molecule has 0 saturated heterocycles. The van der Waals surface area contributed by atoms with Gasteiger partial charge in [-0.3, -0.25) is 4.98 Å². The maximum Gasteiger partial charge on any atom is 0.573 e. The lowest BCUT2D eigenvalue weighted by Gasteiger charge is -2.14. The van der Waals surface area contributed by atoms with E-state index in [2.05, 4.69) is 9.72 Å². The van der Waals surface area contributed by atoms with Crippen LogP contribution in [0.2, 0.25) is 0 Å². The summed E-state index contributed by atoms with van der Waals surface area (Å²) >= 11 is 0. The van der Waals surface area contributed by atoms with Crippen molar-refractivity contribution in [1.82, 2.24) is 4.98 Å². The molecule has 98 valence electrons. The van der Waals surface area contributed by atoms with Gasteiger partial charge in [-0.05, 0) is 0 Å². The van der Waals surface area contributed by atoms with Gasteiger partial charge in [-0.1, -0.05) is 0 Å². The number of nitrogens with two attached hydrogens (primary N) is 1. The number of nitrogen functional groups attached to an aromatic ring is 1. The van der Waals surface area contributed by atoms with Crippen LogP contribution in [0.5, 0.6) is 5.75 Å². The molecule has 1 heterocycles. The topological polar surface area (TPSA) is 71.9 Å². The molecule has 0 amide bonds. The molecule has 9 heteroatoms. The highest BCUT2D eigenvalue weighted by Gasteiger charge is 2.33. The SMILES string of the molecule is N#CCc1c(C(F)F)ncc(OC(F)(F)F)c1N. The van der Waals surface area contributed by atoms with E-state index in [1.807, 2.05) is 0 Å². The van der Waals surface area contributed by atoms with Crippen molar-refractivity contribution in [3.8, 4) is 11.8 Å². The summed E-state index contributed by atoms with van der Waals surface area (Å²) < 4.78 is 64.5. The maximum atomic E-state index is 12.5. The molecule has 4 nitrogen and oxygen atoms in total. The second kappa shape index (κ2) is 5.03. The Morgan fingerprint density at radius 3 is 2.50 bits per heavy atom. The molecule has 1 aromatic heterocycles. The average Bonchev–Trinajstić information content (AvgIpc) is 2.22. The number of nitrogens with zero attached hydrogens (tertiary/aromatic N) is 2. The number of anilines is 1. The molecule has 0 bridgehead atoms. The lowest BCUT2D eigenvalue weighted by atomic mass is 10.1. The van der Waals surface area contributed by atoms with E-state index in [1.54, 1.807) is 0 Å². The van der Waals surface area contributed by atoms with Crippen LogP contribution in [0.3, 0.4) is 0 Å². The number of alkyl halides is 5. The van der Waals surface area contributed by atoms with E-state index in [-0.39, 0.29) is 0 Å². The molecule has 0 radical (unpaired) electrons. The van der Waals surface area contributed by atoms with Gasteiger partial charge >= 0.3 is 6.36 Å². The van der Waals surface area contributed by atoms with Crippen molar-refractivity contribution in [2.75, 3.05) is 5.73 Å². The molecule has 18 heavy (non-hydrogen) atoms. The van der Waals surface area contributed by atoms with Gasteiger partial charge in [0.15, 0.2) is 5.75 Å². The Kier molecular flexibility index (Phi) is 3.90. The van der Waals surface area contributed by atoms with Gasteiger partial charge in [0.1, 0.15) is 5.69 Å². The minimum Gasteiger partial charge on any atom is -0.402 e. The first kappa shape index (κ1) is 14.0. The van der Waals surface area contributed by atoms with Crippen LogP contribution in [0.4, 0.5) is 27.6 Å². The van der Waals surface area contributed by atoms with Gasteiger partial charge in [-0.2, -0.15) is 5.26 Å². The Morgan fingerprint density at radius 1 is 1.44 bits per heavy atom. The largest absolute Gasteiger partial charge is 0.573 e. The third-order valence-corrected chi connectivity index (χ3v) is 1.91. The molecule has 0 fully saturated rings. The number of nitriles is 1. The third kappa shape index (κ3) is 3.19. The number of aromatic nitrogens is 1. The van der Waals surface area contributed by atoms with E-state index in [0.717, 1.165) is 0 Å². The fourth-order valence-corrected chi connectivity index (χ4v) is 1.22. The first-order valence-corrected chi connectivity index (χ1v) is 4.44. The molecule has 0 aliphatic carbocycles. The average molecular weight is 267 g/mol. The zero-order valence-electron chi connectivity index (χ0n) is 8.63. The standard InChI is InChI=1S/C9H6F5N3O/c10-8(11)7-4(1-2-15)6(16)5(3-17-7)18-9(12,13)14/h3,8H,1H2,(H2,16,17). The molecule has 0 unspecified atom stereocenters. The van der Waals surface area contributed by atoms with Crippen molar-refractivity contribution in [3.05, 3.63) is 17.5 Å². The Labute approximate surface area is 97.8 Å². The van der Waals surface area contributed by atoms with Gasteiger partial charge in [0.25, 0.3) is 6.43 Å². The molecule has 1 aromatic rings. The Balaban J connectivity index is 3.26. The minimum atomic E-state index is -5.02. The summed E-state index contributed by atoms with van der Waals surface area (Å²) in [6.45, 7) is 0. The summed E-state index contributed by atoms with van der Waals surface area (Å²) in [4.78, 5) is 3.14. The highest BCUT2D eigenvalue weighted by Crippen LogP contribution is 2.34. The van der Waals surface area contributed by atoms with E-state index in [4.69, 9.17) is 11.0 Å². The van der Waals surface area contributed by atoms with Gasteiger partial charge in [0, 0.05) is 5.56 Å². The van der Waals surface area contributed by atoms with E-state index in [1.165, 1.54) is 6.07 Å². The molecular formula is C9H6F5N3O. The molecule has 0 atom stereocenters. The summed E-state index contributed by atoms with van der Waals surface area (Å²) in [6, 6.07) is 1.52. The van der Waals surface area contributed by atoms with Crippen molar-refractivity contribution in [1.29, 1.82) is 5.26 Å². The van der Waals surface area contributed by atoms with Crippen LogP contribution in [-0.4, -0.2) is 11.3 Å². The van der Waals surface area contributed by atoms with Gasteiger partial charge in [0.05, 0.1) is 24.4 Å². The zero-order valence-corrected chi connectivity index (χ0v) is 8.63. The Hall–Kier alpha value is -2.11. The fourth-order valence-electron chi connectivity index (χ4n) is 1.22. The monoisotopic (exact) mass is 267 g/mol. The number of pyridine rings is 1. The van der Waals surface area contributed by atoms with Crippen LogP contribution in [0.15, 0.2) is 6.20 Å². The normalized spacial score (nSPS) is 11.4. The predicted molar refractivity (Wildman–Crippen MR) is 49.6 cm³/mol. The Morgan fingerprint density at radius 2 is 2.06 bits per heavy atom. The summed E-state index contributed by atoms with van der Waals surface area (Å²) in [6.07, 6.45) is -8.21. The number of halogens is 5. The zero-order chi connectivity index (χ0) is 13.9. The van der Waals surface area contributed by atoms with E-state index in [9.17, 15) is 22.0 Å². The van der Waals surface area contributed by atoms with E-state index < -0.39 is 41.9 Å². The quantitative estimate of drug-likeness (QED) is 0.854. The minimum absolute atomic E-state index is 0.450. The molecule has 0 saturated carbocycles. The van der Waals surface area contributed by atoms with Gasteiger partial charge in [0.2, 0.25) is 0 Å². The van der Waals surface area contributed by atoms with E-state index in [0.29, 0.717) is 6.20 Å². The molecule has 0 aliphatic rings. The smallest absolute Gasteiger partial charge is 0.402 e. The van der Waals surface area contributed by atoms with Crippen LogP contribution in [-0.2, 0) is 6.42 Å². The molecular weight excluding hydrogens is 261 g/mol. The van der Waals surface area contributed by atoms with Crippen LogP contribution in [0.1, 0.15) is 17.7 Å². The van der Waals surface area contributed by atoms with Crippen molar-refractivity contribution >= 4 is 5.69 Å². The highest BCUT2D eigenvalue weighted by molar-refractivity contribution is 5.60. The van der Waals surface area contributed by atoms with Crippen LogP contribution >= 0.6 is 0 Å².